The molecule has 0 aromatic heterocycles. The van der Waals surface area contributed by atoms with Gasteiger partial charge in [-0.05, 0) is 43.6 Å². The smallest absolute Gasteiger partial charge is 0.223 e. The molecule has 2 aliphatic rings. The second kappa shape index (κ2) is 11.5. The maximum atomic E-state index is 12.6. The summed E-state index contributed by atoms with van der Waals surface area (Å²) in [5.41, 5.74) is 1.11. The van der Waals surface area contributed by atoms with Crippen molar-refractivity contribution < 1.29 is 19.0 Å². The first-order valence-electron chi connectivity index (χ1n) is 9.75. The minimum Gasteiger partial charge on any atom is -0.493 e. The summed E-state index contributed by atoms with van der Waals surface area (Å²) < 4.78 is 16.3. The normalized spacial score (nSPS) is 19.4. The molecule has 8 heteroatoms. The van der Waals surface area contributed by atoms with Crippen molar-refractivity contribution in [2.45, 2.75) is 18.9 Å². The first-order chi connectivity index (χ1) is 13.2. The molecule has 1 atom stereocenters. The van der Waals surface area contributed by atoms with E-state index in [1.165, 1.54) is 0 Å². The van der Waals surface area contributed by atoms with E-state index in [2.05, 4.69) is 21.6 Å². The van der Waals surface area contributed by atoms with E-state index in [0.717, 1.165) is 44.6 Å². The molecular weight excluding hydrogens is 382 g/mol. The Morgan fingerprint density at radius 2 is 1.89 bits per heavy atom. The molecule has 1 unspecified atom stereocenters. The summed E-state index contributed by atoms with van der Waals surface area (Å²) in [5.74, 6) is 1.69. The van der Waals surface area contributed by atoms with Gasteiger partial charge >= 0.3 is 0 Å². The Morgan fingerprint density at radius 3 is 2.54 bits per heavy atom. The van der Waals surface area contributed by atoms with Gasteiger partial charge in [0.05, 0.1) is 33.5 Å². The van der Waals surface area contributed by atoms with Crippen LogP contribution in [-0.2, 0) is 9.53 Å². The number of piperidine rings is 1. The van der Waals surface area contributed by atoms with Gasteiger partial charge in [0.2, 0.25) is 5.91 Å². The molecule has 0 saturated carbocycles. The van der Waals surface area contributed by atoms with Gasteiger partial charge in [-0.3, -0.25) is 9.69 Å². The fraction of sp³-hybridized carbons (Fsp3) is 0.650. The van der Waals surface area contributed by atoms with E-state index in [1.807, 2.05) is 12.1 Å². The lowest BCUT2D eigenvalue weighted by atomic mass is 9.97. The number of hydrogen-bond donors (Lipinski definition) is 2. The number of nitrogens with one attached hydrogen (secondary N) is 2. The zero-order valence-electron chi connectivity index (χ0n) is 16.7. The molecule has 2 N–H and O–H groups in total. The fourth-order valence-corrected chi connectivity index (χ4v) is 3.83. The maximum absolute atomic E-state index is 12.6. The first-order valence-corrected chi connectivity index (χ1v) is 9.75. The van der Waals surface area contributed by atoms with Gasteiger partial charge in [-0.25, -0.2) is 0 Å². The van der Waals surface area contributed by atoms with Crippen molar-refractivity contribution in [3.05, 3.63) is 23.8 Å². The van der Waals surface area contributed by atoms with Gasteiger partial charge in [-0.15, -0.1) is 12.4 Å². The fourth-order valence-electron chi connectivity index (χ4n) is 3.83. The van der Waals surface area contributed by atoms with Crippen LogP contribution in [0.3, 0.4) is 0 Å². The molecule has 2 heterocycles. The third-order valence-corrected chi connectivity index (χ3v) is 5.46. The van der Waals surface area contributed by atoms with Crippen molar-refractivity contribution in [2.24, 2.45) is 5.92 Å². The second-order valence-electron chi connectivity index (χ2n) is 7.05. The molecule has 0 bridgehead atoms. The zero-order valence-corrected chi connectivity index (χ0v) is 17.6. The minimum atomic E-state index is 0. The molecule has 0 spiro atoms. The number of carbonyl (C=O) groups is 1. The molecular formula is C20H32ClN3O4. The highest BCUT2D eigenvalue weighted by Gasteiger charge is 2.26. The summed E-state index contributed by atoms with van der Waals surface area (Å²) in [6, 6.07) is 6.07. The van der Waals surface area contributed by atoms with Crippen molar-refractivity contribution in [3.8, 4) is 11.5 Å². The van der Waals surface area contributed by atoms with Gasteiger partial charge < -0.3 is 24.8 Å². The molecule has 1 amide bonds. The topological polar surface area (TPSA) is 72.1 Å². The molecule has 3 rings (SSSR count). The third-order valence-electron chi connectivity index (χ3n) is 5.46. The number of rotatable bonds is 7. The molecule has 2 aliphatic heterocycles. The van der Waals surface area contributed by atoms with Gasteiger partial charge in [-0.1, -0.05) is 6.07 Å². The van der Waals surface area contributed by atoms with Crippen LogP contribution in [0.5, 0.6) is 11.5 Å². The highest BCUT2D eigenvalue weighted by Crippen LogP contribution is 2.32. The quantitative estimate of drug-likeness (QED) is 0.707. The molecule has 28 heavy (non-hydrogen) atoms. The number of nitrogens with zero attached hydrogens (tertiary/aromatic N) is 1. The predicted molar refractivity (Wildman–Crippen MR) is 111 cm³/mol. The van der Waals surface area contributed by atoms with Crippen LogP contribution in [0.15, 0.2) is 18.2 Å². The van der Waals surface area contributed by atoms with Gasteiger partial charge in [-0.2, -0.15) is 0 Å². The average Bonchev–Trinajstić information content (AvgIpc) is 2.75. The molecule has 2 saturated heterocycles. The summed E-state index contributed by atoms with van der Waals surface area (Å²) in [5, 5.41) is 6.50. The number of ether oxygens (including phenoxy) is 3. The molecule has 0 radical (unpaired) electrons. The minimum absolute atomic E-state index is 0. The highest BCUT2D eigenvalue weighted by atomic mass is 35.5. The molecule has 0 aliphatic carbocycles. The lowest BCUT2D eigenvalue weighted by molar-refractivity contribution is -0.126. The molecule has 2 fully saturated rings. The van der Waals surface area contributed by atoms with E-state index in [9.17, 15) is 4.79 Å². The van der Waals surface area contributed by atoms with Crippen molar-refractivity contribution in [3.63, 3.8) is 0 Å². The van der Waals surface area contributed by atoms with E-state index in [1.54, 1.807) is 14.2 Å². The maximum Gasteiger partial charge on any atom is 0.223 e. The van der Waals surface area contributed by atoms with Crippen LogP contribution in [-0.4, -0.2) is 71.0 Å². The van der Waals surface area contributed by atoms with Crippen LogP contribution >= 0.6 is 12.4 Å². The van der Waals surface area contributed by atoms with Crippen molar-refractivity contribution >= 4 is 18.3 Å². The number of amides is 1. The van der Waals surface area contributed by atoms with Crippen LogP contribution in [0, 0.1) is 5.92 Å². The van der Waals surface area contributed by atoms with Gasteiger partial charge in [0.25, 0.3) is 0 Å². The van der Waals surface area contributed by atoms with Gasteiger partial charge in [0, 0.05) is 25.6 Å². The summed E-state index contributed by atoms with van der Waals surface area (Å²) in [6.45, 7) is 5.54. The number of halogens is 1. The predicted octanol–water partition coefficient (Wildman–Crippen LogP) is 1.61. The van der Waals surface area contributed by atoms with Crippen LogP contribution in [0.4, 0.5) is 0 Å². The van der Waals surface area contributed by atoms with Crippen molar-refractivity contribution in [1.82, 2.24) is 15.5 Å². The van der Waals surface area contributed by atoms with E-state index in [-0.39, 0.29) is 30.3 Å². The third kappa shape index (κ3) is 5.73. The SMILES string of the molecule is COc1ccc(C(CNC(=O)C2CCNCC2)N2CCOCC2)cc1OC.Cl. The zero-order chi connectivity index (χ0) is 19.1. The Kier molecular flexibility index (Phi) is 9.31. The Bertz CT molecular complexity index is 619. The molecule has 1 aromatic carbocycles. The van der Waals surface area contributed by atoms with Crippen LogP contribution < -0.4 is 20.1 Å². The average molecular weight is 414 g/mol. The summed E-state index contributed by atoms with van der Waals surface area (Å²) in [6.07, 6.45) is 1.81. The Morgan fingerprint density at radius 1 is 1.21 bits per heavy atom. The second-order valence-corrected chi connectivity index (χ2v) is 7.05. The highest BCUT2D eigenvalue weighted by molar-refractivity contribution is 5.85. The first kappa shape index (κ1) is 22.7. The van der Waals surface area contributed by atoms with Gasteiger partial charge in [0.15, 0.2) is 11.5 Å². The Labute approximate surface area is 173 Å². The summed E-state index contributed by atoms with van der Waals surface area (Å²) in [7, 11) is 3.28. The Balaban J connectivity index is 0.00000280. The number of benzene rings is 1. The lowest BCUT2D eigenvalue weighted by Gasteiger charge is -2.35. The van der Waals surface area contributed by atoms with Crippen molar-refractivity contribution in [2.75, 3.05) is 60.2 Å². The number of hydrogen-bond acceptors (Lipinski definition) is 6. The Hall–Kier alpha value is -1.54. The monoisotopic (exact) mass is 413 g/mol. The molecule has 7 nitrogen and oxygen atoms in total. The van der Waals surface area contributed by atoms with Gasteiger partial charge in [0.1, 0.15) is 0 Å². The molecule has 1 aromatic rings. The lowest BCUT2D eigenvalue weighted by Crippen LogP contribution is -2.45. The number of methoxy groups -OCH3 is 2. The van der Waals surface area contributed by atoms with E-state index in [4.69, 9.17) is 14.2 Å². The van der Waals surface area contributed by atoms with Crippen molar-refractivity contribution in [1.29, 1.82) is 0 Å². The largest absolute Gasteiger partial charge is 0.493 e. The van der Waals surface area contributed by atoms with Crippen LogP contribution in [0.2, 0.25) is 0 Å². The van der Waals surface area contributed by atoms with E-state index in [0.29, 0.717) is 31.3 Å². The summed E-state index contributed by atoms with van der Waals surface area (Å²) in [4.78, 5) is 15.0. The molecule has 158 valence electrons. The van der Waals surface area contributed by atoms with E-state index < -0.39 is 0 Å². The summed E-state index contributed by atoms with van der Waals surface area (Å²) >= 11 is 0. The van der Waals surface area contributed by atoms with Crippen LogP contribution in [0.1, 0.15) is 24.4 Å². The van der Waals surface area contributed by atoms with E-state index >= 15 is 0 Å². The standard InChI is InChI=1S/C20H31N3O4.ClH/c1-25-18-4-3-16(13-19(18)26-2)17(23-9-11-27-12-10-23)14-22-20(24)15-5-7-21-8-6-15;/h3-4,13,15,17,21H,5-12,14H2,1-2H3,(H,22,24);1H. The number of carbonyl (C=O) groups excluding carboxylic acids is 1. The number of morpholine rings is 1. The van der Waals surface area contributed by atoms with Crippen LogP contribution in [0.25, 0.3) is 0 Å².